The zero-order chi connectivity index (χ0) is 22.1. The van der Waals surface area contributed by atoms with Gasteiger partial charge in [-0.1, -0.05) is 32.0 Å². The van der Waals surface area contributed by atoms with E-state index in [0.29, 0.717) is 28.5 Å². The Hall–Kier alpha value is -3.55. The summed E-state index contributed by atoms with van der Waals surface area (Å²) < 4.78 is 15.8. The predicted molar refractivity (Wildman–Crippen MR) is 116 cm³/mol. The molecule has 0 heterocycles. The summed E-state index contributed by atoms with van der Waals surface area (Å²) in [7, 11) is 4.51. The molecule has 160 valence electrons. The van der Waals surface area contributed by atoms with E-state index < -0.39 is 11.8 Å². The molecule has 0 aliphatic rings. The maximum Gasteiger partial charge on any atom is 0.329 e. The molecule has 2 amide bonds. The van der Waals surface area contributed by atoms with Crippen LogP contribution in [0.25, 0.3) is 0 Å². The SMILES string of the molecule is CCc1cccc(CC)c1NC(=O)C(=O)N/N=C\c1cc(OC)c(OC)c(OC)c1. The maximum atomic E-state index is 12.3. The molecular weight excluding hydrogens is 386 g/mol. The highest BCUT2D eigenvalue weighted by Crippen LogP contribution is 2.37. The number of anilines is 1. The Morgan fingerprint density at radius 1 is 0.933 bits per heavy atom. The summed E-state index contributed by atoms with van der Waals surface area (Å²) in [5.41, 5.74) is 5.44. The highest BCUT2D eigenvalue weighted by molar-refractivity contribution is 6.39. The van der Waals surface area contributed by atoms with E-state index in [0.717, 1.165) is 24.0 Å². The van der Waals surface area contributed by atoms with Gasteiger partial charge in [-0.2, -0.15) is 5.10 Å². The Morgan fingerprint density at radius 2 is 1.50 bits per heavy atom. The second-order valence-electron chi connectivity index (χ2n) is 6.27. The molecule has 0 radical (unpaired) electrons. The lowest BCUT2D eigenvalue weighted by atomic mass is 10.0. The molecule has 0 aliphatic heterocycles. The number of aryl methyl sites for hydroxylation is 2. The molecule has 0 saturated carbocycles. The number of amides is 2. The van der Waals surface area contributed by atoms with Gasteiger partial charge in [-0.25, -0.2) is 5.43 Å². The summed E-state index contributed by atoms with van der Waals surface area (Å²) in [6, 6.07) is 9.13. The summed E-state index contributed by atoms with van der Waals surface area (Å²) in [4.78, 5) is 24.5. The number of para-hydroxylation sites is 1. The Bertz CT molecular complexity index is 893. The number of rotatable bonds is 8. The van der Waals surface area contributed by atoms with Gasteiger partial charge in [0.2, 0.25) is 5.75 Å². The van der Waals surface area contributed by atoms with Gasteiger partial charge >= 0.3 is 11.8 Å². The molecule has 8 nitrogen and oxygen atoms in total. The molecule has 2 aromatic rings. The third kappa shape index (κ3) is 5.28. The van der Waals surface area contributed by atoms with Gasteiger partial charge in [0.15, 0.2) is 11.5 Å². The van der Waals surface area contributed by atoms with E-state index >= 15 is 0 Å². The van der Waals surface area contributed by atoms with Crippen molar-refractivity contribution in [2.45, 2.75) is 26.7 Å². The Labute approximate surface area is 176 Å². The van der Waals surface area contributed by atoms with E-state index in [-0.39, 0.29) is 0 Å². The topological polar surface area (TPSA) is 98.3 Å². The molecule has 30 heavy (non-hydrogen) atoms. The smallest absolute Gasteiger partial charge is 0.329 e. The predicted octanol–water partition coefficient (Wildman–Crippen LogP) is 2.93. The molecule has 0 spiro atoms. The van der Waals surface area contributed by atoms with Crippen molar-refractivity contribution in [3.05, 3.63) is 47.0 Å². The molecular formula is C22H27N3O5. The van der Waals surface area contributed by atoms with E-state index in [1.165, 1.54) is 27.5 Å². The van der Waals surface area contributed by atoms with Crippen molar-refractivity contribution in [3.8, 4) is 17.2 Å². The average molecular weight is 413 g/mol. The molecule has 8 heteroatoms. The Morgan fingerprint density at radius 3 is 1.97 bits per heavy atom. The van der Waals surface area contributed by atoms with Crippen molar-refractivity contribution >= 4 is 23.7 Å². The highest BCUT2D eigenvalue weighted by atomic mass is 16.5. The number of hydrogen-bond acceptors (Lipinski definition) is 6. The summed E-state index contributed by atoms with van der Waals surface area (Å²) in [6.07, 6.45) is 2.86. The van der Waals surface area contributed by atoms with Gasteiger partial charge in [0.25, 0.3) is 0 Å². The normalized spacial score (nSPS) is 10.6. The number of benzene rings is 2. The van der Waals surface area contributed by atoms with E-state index in [1.54, 1.807) is 12.1 Å². The molecule has 0 unspecified atom stereocenters. The van der Waals surface area contributed by atoms with Crippen molar-refractivity contribution < 1.29 is 23.8 Å². The summed E-state index contributed by atoms with van der Waals surface area (Å²) in [5.74, 6) is -0.308. The lowest BCUT2D eigenvalue weighted by Gasteiger charge is -2.13. The first-order valence-electron chi connectivity index (χ1n) is 9.54. The van der Waals surface area contributed by atoms with Crippen molar-refractivity contribution in [3.63, 3.8) is 0 Å². The summed E-state index contributed by atoms with van der Waals surface area (Å²) in [5, 5.41) is 6.56. The van der Waals surface area contributed by atoms with Crippen LogP contribution in [0.1, 0.15) is 30.5 Å². The number of carbonyl (C=O) groups excluding carboxylic acids is 2. The van der Waals surface area contributed by atoms with Crippen LogP contribution in [0.3, 0.4) is 0 Å². The monoisotopic (exact) mass is 413 g/mol. The maximum absolute atomic E-state index is 12.3. The molecule has 2 rings (SSSR count). The van der Waals surface area contributed by atoms with Crippen LogP contribution >= 0.6 is 0 Å². The average Bonchev–Trinajstić information content (AvgIpc) is 2.78. The summed E-state index contributed by atoms with van der Waals surface area (Å²) in [6.45, 7) is 3.98. The van der Waals surface area contributed by atoms with Crippen LogP contribution in [0.4, 0.5) is 5.69 Å². The lowest BCUT2D eigenvalue weighted by Crippen LogP contribution is -2.33. The largest absolute Gasteiger partial charge is 0.493 e. The van der Waals surface area contributed by atoms with Crippen molar-refractivity contribution in [1.82, 2.24) is 5.43 Å². The molecule has 0 aliphatic carbocycles. The first-order valence-corrected chi connectivity index (χ1v) is 9.54. The Balaban J connectivity index is 2.11. The standard InChI is InChI=1S/C22H27N3O5/c1-6-15-9-8-10-16(7-2)19(15)24-21(26)22(27)25-23-13-14-11-17(28-3)20(30-5)18(12-14)29-4/h8-13H,6-7H2,1-5H3,(H,24,26)(H,25,27)/b23-13-. The third-order valence-electron chi connectivity index (χ3n) is 4.51. The molecule has 0 bridgehead atoms. The fourth-order valence-electron chi connectivity index (χ4n) is 2.97. The van der Waals surface area contributed by atoms with Gasteiger partial charge in [0.05, 0.1) is 27.5 Å². The van der Waals surface area contributed by atoms with E-state index in [9.17, 15) is 9.59 Å². The lowest BCUT2D eigenvalue weighted by molar-refractivity contribution is -0.136. The van der Waals surface area contributed by atoms with Crippen molar-refractivity contribution in [2.24, 2.45) is 5.10 Å². The van der Waals surface area contributed by atoms with E-state index in [2.05, 4.69) is 15.8 Å². The fraction of sp³-hybridized carbons (Fsp3) is 0.318. The van der Waals surface area contributed by atoms with Crippen molar-refractivity contribution in [1.29, 1.82) is 0 Å². The second kappa shape index (κ2) is 10.8. The van der Waals surface area contributed by atoms with Gasteiger partial charge in [0, 0.05) is 11.3 Å². The first-order chi connectivity index (χ1) is 14.5. The molecule has 2 aromatic carbocycles. The molecule has 0 atom stereocenters. The quantitative estimate of drug-likeness (QED) is 0.394. The second-order valence-corrected chi connectivity index (χ2v) is 6.27. The van der Waals surface area contributed by atoms with E-state index in [4.69, 9.17) is 14.2 Å². The fourth-order valence-corrected chi connectivity index (χ4v) is 2.97. The third-order valence-corrected chi connectivity index (χ3v) is 4.51. The molecule has 0 aromatic heterocycles. The van der Waals surface area contributed by atoms with Gasteiger partial charge in [-0.15, -0.1) is 0 Å². The zero-order valence-corrected chi connectivity index (χ0v) is 17.9. The van der Waals surface area contributed by atoms with Crippen LogP contribution in [0.5, 0.6) is 17.2 Å². The van der Waals surface area contributed by atoms with Crippen molar-refractivity contribution in [2.75, 3.05) is 26.6 Å². The van der Waals surface area contributed by atoms with Crippen LogP contribution in [0.15, 0.2) is 35.4 Å². The highest BCUT2D eigenvalue weighted by Gasteiger charge is 2.17. The molecule has 0 fully saturated rings. The zero-order valence-electron chi connectivity index (χ0n) is 17.9. The van der Waals surface area contributed by atoms with Crippen LogP contribution in [0, 0.1) is 0 Å². The van der Waals surface area contributed by atoms with Crippen LogP contribution < -0.4 is 25.0 Å². The number of hydrazone groups is 1. The number of hydrogen-bond donors (Lipinski definition) is 2. The minimum absolute atomic E-state index is 0.446. The van der Waals surface area contributed by atoms with Gasteiger partial charge in [-0.3, -0.25) is 9.59 Å². The van der Waals surface area contributed by atoms with Gasteiger partial charge < -0.3 is 19.5 Å². The number of nitrogens with one attached hydrogen (secondary N) is 2. The van der Waals surface area contributed by atoms with Crippen LogP contribution in [-0.4, -0.2) is 39.4 Å². The number of carbonyl (C=O) groups is 2. The molecule has 2 N–H and O–H groups in total. The van der Waals surface area contributed by atoms with Crippen LogP contribution in [0.2, 0.25) is 0 Å². The van der Waals surface area contributed by atoms with Gasteiger partial charge in [-0.05, 0) is 36.1 Å². The van der Waals surface area contributed by atoms with Crippen LogP contribution in [-0.2, 0) is 22.4 Å². The molecule has 0 saturated heterocycles. The minimum Gasteiger partial charge on any atom is -0.493 e. The minimum atomic E-state index is -0.869. The van der Waals surface area contributed by atoms with E-state index in [1.807, 2.05) is 32.0 Å². The first kappa shape index (κ1) is 22.7. The number of methoxy groups -OCH3 is 3. The summed E-state index contributed by atoms with van der Waals surface area (Å²) >= 11 is 0. The van der Waals surface area contributed by atoms with Gasteiger partial charge in [0.1, 0.15) is 0 Å². The number of ether oxygens (including phenoxy) is 3. The number of nitrogens with zero attached hydrogens (tertiary/aromatic N) is 1. The Kier molecular flexibility index (Phi) is 8.22.